The van der Waals surface area contributed by atoms with Gasteiger partial charge in [-0.2, -0.15) is 5.10 Å². The Hall–Kier alpha value is -0.870. The van der Waals surface area contributed by atoms with Gasteiger partial charge in [0.15, 0.2) is 5.15 Å². The van der Waals surface area contributed by atoms with Crippen molar-refractivity contribution in [3.05, 3.63) is 17.4 Å². The van der Waals surface area contributed by atoms with E-state index in [0.717, 1.165) is 12.2 Å². The molecule has 0 aliphatic heterocycles. The van der Waals surface area contributed by atoms with Crippen LogP contribution in [-0.2, 0) is 0 Å². The van der Waals surface area contributed by atoms with Gasteiger partial charge in [-0.05, 0) is 20.0 Å². The molecule has 0 aromatic carbocycles. The van der Waals surface area contributed by atoms with Gasteiger partial charge < -0.3 is 10.2 Å². The van der Waals surface area contributed by atoms with E-state index in [1.165, 1.54) is 0 Å². The molecule has 4 nitrogen and oxygen atoms in total. The van der Waals surface area contributed by atoms with E-state index in [1.54, 1.807) is 12.3 Å². The third kappa shape index (κ3) is 4.33. The summed E-state index contributed by atoms with van der Waals surface area (Å²) in [5, 5.41) is 11.4. The fourth-order valence-corrected chi connectivity index (χ4v) is 1.61. The molecule has 0 spiro atoms. The zero-order valence-corrected chi connectivity index (χ0v) is 11.0. The van der Waals surface area contributed by atoms with Crippen LogP contribution in [0.1, 0.15) is 13.8 Å². The van der Waals surface area contributed by atoms with Crippen LogP contribution in [0.15, 0.2) is 12.3 Å². The Morgan fingerprint density at radius 3 is 2.62 bits per heavy atom. The van der Waals surface area contributed by atoms with Crippen molar-refractivity contribution in [2.75, 3.05) is 26.0 Å². The van der Waals surface area contributed by atoms with Crippen molar-refractivity contribution in [1.29, 1.82) is 0 Å². The quantitative estimate of drug-likeness (QED) is 0.859. The van der Waals surface area contributed by atoms with Gasteiger partial charge in [0.2, 0.25) is 0 Å². The molecule has 1 atom stereocenters. The average molecular weight is 243 g/mol. The number of aromatic nitrogens is 2. The minimum absolute atomic E-state index is 0.371. The summed E-state index contributed by atoms with van der Waals surface area (Å²) in [5.74, 6) is 0.536. The Morgan fingerprint density at radius 2 is 2.12 bits per heavy atom. The van der Waals surface area contributed by atoms with Crippen molar-refractivity contribution in [2.45, 2.75) is 19.9 Å². The average Bonchev–Trinajstić information content (AvgIpc) is 2.15. The molecule has 0 amide bonds. The van der Waals surface area contributed by atoms with Gasteiger partial charge in [-0.25, -0.2) is 0 Å². The summed E-state index contributed by atoms with van der Waals surface area (Å²) < 4.78 is 0. The van der Waals surface area contributed by atoms with Crippen LogP contribution in [0.2, 0.25) is 5.15 Å². The van der Waals surface area contributed by atoms with Crippen molar-refractivity contribution in [2.24, 2.45) is 5.92 Å². The van der Waals surface area contributed by atoms with Gasteiger partial charge in [0.25, 0.3) is 0 Å². The first-order chi connectivity index (χ1) is 7.49. The summed E-state index contributed by atoms with van der Waals surface area (Å²) in [6.45, 7) is 5.35. The summed E-state index contributed by atoms with van der Waals surface area (Å²) >= 11 is 5.79. The molecule has 1 unspecified atom stereocenters. The first-order valence-corrected chi connectivity index (χ1v) is 5.76. The largest absolute Gasteiger partial charge is 0.379 e. The lowest BCUT2D eigenvalue weighted by Gasteiger charge is -2.26. The summed E-state index contributed by atoms with van der Waals surface area (Å²) in [6.07, 6.45) is 1.69. The maximum absolute atomic E-state index is 5.79. The lowest BCUT2D eigenvalue weighted by molar-refractivity contribution is 0.344. The smallest absolute Gasteiger partial charge is 0.153 e. The van der Waals surface area contributed by atoms with Crippen molar-refractivity contribution < 1.29 is 0 Å². The van der Waals surface area contributed by atoms with Crippen LogP contribution in [0.25, 0.3) is 0 Å². The third-order valence-corrected chi connectivity index (χ3v) is 2.53. The van der Waals surface area contributed by atoms with E-state index >= 15 is 0 Å². The first-order valence-electron chi connectivity index (χ1n) is 5.38. The number of rotatable bonds is 5. The number of nitrogens with one attached hydrogen (secondary N) is 1. The maximum atomic E-state index is 5.79. The lowest BCUT2D eigenvalue weighted by Crippen LogP contribution is -2.36. The second-order valence-electron chi connectivity index (χ2n) is 4.52. The highest BCUT2D eigenvalue weighted by atomic mass is 35.5. The Kier molecular flexibility index (Phi) is 4.96. The van der Waals surface area contributed by atoms with E-state index in [-0.39, 0.29) is 0 Å². The van der Waals surface area contributed by atoms with Crippen LogP contribution >= 0.6 is 11.6 Å². The first kappa shape index (κ1) is 13.2. The molecule has 1 heterocycles. The zero-order valence-electron chi connectivity index (χ0n) is 10.2. The molecule has 0 aliphatic carbocycles. The Bertz CT molecular complexity index is 328. The topological polar surface area (TPSA) is 41.0 Å². The van der Waals surface area contributed by atoms with Crippen LogP contribution in [-0.4, -0.2) is 41.8 Å². The molecule has 0 fully saturated rings. The highest BCUT2D eigenvalue weighted by Crippen LogP contribution is 2.14. The van der Waals surface area contributed by atoms with Gasteiger partial charge >= 0.3 is 0 Å². The molecule has 1 rings (SSSR count). The molecular formula is C11H19ClN4. The summed E-state index contributed by atoms with van der Waals surface area (Å²) in [4.78, 5) is 2.16. The molecule has 0 bridgehead atoms. The molecule has 5 heteroatoms. The minimum Gasteiger partial charge on any atom is -0.379 e. The number of likely N-dealkylation sites (N-methyl/N-ethyl adjacent to an activating group) is 1. The van der Waals surface area contributed by atoms with Gasteiger partial charge in [-0.1, -0.05) is 25.4 Å². The van der Waals surface area contributed by atoms with Gasteiger partial charge in [-0.15, -0.1) is 5.10 Å². The van der Waals surface area contributed by atoms with Crippen LogP contribution < -0.4 is 5.32 Å². The van der Waals surface area contributed by atoms with Crippen LogP contribution in [0.4, 0.5) is 5.69 Å². The van der Waals surface area contributed by atoms with Gasteiger partial charge in [0, 0.05) is 18.7 Å². The molecule has 1 aromatic heterocycles. The van der Waals surface area contributed by atoms with Gasteiger partial charge in [0.05, 0.1) is 11.9 Å². The highest BCUT2D eigenvalue weighted by molar-refractivity contribution is 6.29. The van der Waals surface area contributed by atoms with Crippen LogP contribution in [0.5, 0.6) is 0 Å². The van der Waals surface area contributed by atoms with E-state index in [4.69, 9.17) is 11.6 Å². The lowest BCUT2D eigenvalue weighted by atomic mass is 10.0. The molecule has 1 N–H and O–H groups in total. The molecule has 0 saturated heterocycles. The van der Waals surface area contributed by atoms with Crippen molar-refractivity contribution in [3.63, 3.8) is 0 Å². The maximum Gasteiger partial charge on any atom is 0.153 e. The predicted octanol–water partition coefficient (Wildman–Crippen LogP) is 2.13. The van der Waals surface area contributed by atoms with Crippen molar-refractivity contribution in [1.82, 2.24) is 15.1 Å². The summed E-state index contributed by atoms with van der Waals surface area (Å²) in [7, 11) is 4.13. The second-order valence-corrected chi connectivity index (χ2v) is 4.91. The number of nitrogens with zero attached hydrogens (tertiary/aromatic N) is 3. The molecule has 0 radical (unpaired) electrons. The Labute approximate surface area is 102 Å². The second kappa shape index (κ2) is 6.01. The molecule has 90 valence electrons. The molecule has 1 aromatic rings. The number of hydrogen-bond donors (Lipinski definition) is 1. The zero-order chi connectivity index (χ0) is 12.1. The van der Waals surface area contributed by atoms with E-state index in [9.17, 15) is 0 Å². The molecule has 16 heavy (non-hydrogen) atoms. The Morgan fingerprint density at radius 1 is 1.44 bits per heavy atom. The number of halogens is 1. The van der Waals surface area contributed by atoms with E-state index in [2.05, 4.69) is 48.4 Å². The summed E-state index contributed by atoms with van der Waals surface area (Å²) in [6, 6.07) is 2.16. The molecular weight excluding hydrogens is 224 g/mol. The van der Waals surface area contributed by atoms with E-state index in [1.807, 2.05) is 0 Å². The monoisotopic (exact) mass is 242 g/mol. The van der Waals surface area contributed by atoms with E-state index < -0.39 is 0 Å². The van der Waals surface area contributed by atoms with Gasteiger partial charge in [-0.3, -0.25) is 0 Å². The SMILES string of the molecule is CC(C)C(CN(C)C)Nc1cnnc(Cl)c1. The number of anilines is 1. The summed E-state index contributed by atoms with van der Waals surface area (Å²) in [5.41, 5.74) is 0.917. The van der Waals surface area contributed by atoms with Crippen molar-refractivity contribution >= 4 is 17.3 Å². The number of hydrogen-bond acceptors (Lipinski definition) is 4. The van der Waals surface area contributed by atoms with E-state index in [0.29, 0.717) is 17.1 Å². The molecule has 0 aliphatic rings. The van der Waals surface area contributed by atoms with Gasteiger partial charge in [0.1, 0.15) is 0 Å². The normalized spacial score (nSPS) is 13.2. The molecule has 0 saturated carbocycles. The Balaban J connectivity index is 2.68. The highest BCUT2D eigenvalue weighted by Gasteiger charge is 2.14. The predicted molar refractivity (Wildman–Crippen MR) is 67.8 cm³/mol. The minimum atomic E-state index is 0.371. The van der Waals surface area contributed by atoms with Crippen LogP contribution in [0.3, 0.4) is 0 Å². The van der Waals surface area contributed by atoms with Crippen molar-refractivity contribution in [3.8, 4) is 0 Å². The van der Waals surface area contributed by atoms with Crippen LogP contribution in [0, 0.1) is 5.92 Å². The standard InChI is InChI=1S/C11H19ClN4/c1-8(2)10(7-16(3)4)14-9-5-11(12)15-13-6-9/h5-6,8,10H,7H2,1-4H3,(H,14,15). The third-order valence-electron chi connectivity index (χ3n) is 2.34. The fourth-order valence-electron chi connectivity index (χ4n) is 1.45. The fraction of sp³-hybridized carbons (Fsp3) is 0.636.